The number of hydrogen-bond donors (Lipinski definition) is 2. The van der Waals surface area contributed by atoms with Gasteiger partial charge >= 0.3 is 5.97 Å². The van der Waals surface area contributed by atoms with Gasteiger partial charge in [0.1, 0.15) is 11.4 Å². The smallest absolute Gasteiger partial charge is 0.329 e. The number of carbonyl (C=O) groups is 2. The molecule has 1 amide bonds. The molecule has 0 heterocycles. The first-order valence-electron chi connectivity index (χ1n) is 6.73. The summed E-state index contributed by atoms with van der Waals surface area (Å²) in [6.07, 6.45) is 1.80. The number of rotatable bonds is 5. The van der Waals surface area contributed by atoms with Crippen molar-refractivity contribution < 1.29 is 19.1 Å². The molecule has 1 atom stereocenters. The second-order valence-electron chi connectivity index (χ2n) is 5.42. The lowest BCUT2D eigenvalue weighted by Crippen LogP contribution is -2.59. The number of benzene rings is 1. The lowest BCUT2D eigenvalue weighted by Gasteiger charge is -2.38. The van der Waals surface area contributed by atoms with Crippen molar-refractivity contribution in [3.05, 3.63) is 35.6 Å². The number of nitrogens with one attached hydrogen (secondary N) is 1. The molecule has 0 bridgehead atoms. The van der Waals surface area contributed by atoms with Crippen molar-refractivity contribution in [3.8, 4) is 0 Å². The first-order chi connectivity index (χ1) is 9.44. The molecule has 0 aromatic heterocycles. The maximum Gasteiger partial charge on any atom is 0.329 e. The van der Waals surface area contributed by atoms with Crippen molar-refractivity contribution in [2.75, 3.05) is 0 Å². The van der Waals surface area contributed by atoms with Crippen LogP contribution in [0.2, 0.25) is 0 Å². The summed E-state index contributed by atoms with van der Waals surface area (Å²) in [5.74, 6) is -1.97. The third-order valence-corrected chi connectivity index (χ3v) is 3.92. The normalized spacial score (nSPS) is 17.9. The molecule has 108 valence electrons. The quantitative estimate of drug-likeness (QED) is 0.870. The van der Waals surface area contributed by atoms with Crippen molar-refractivity contribution in [1.82, 2.24) is 5.32 Å². The van der Waals surface area contributed by atoms with E-state index in [4.69, 9.17) is 5.11 Å². The van der Waals surface area contributed by atoms with Crippen molar-refractivity contribution in [2.24, 2.45) is 0 Å². The molecule has 0 saturated heterocycles. The van der Waals surface area contributed by atoms with Gasteiger partial charge in [0.25, 0.3) is 0 Å². The zero-order chi connectivity index (χ0) is 14.8. The second-order valence-corrected chi connectivity index (χ2v) is 5.42. The van der Waals surface area contributed by atoms with E-state index in [0.29, 0.717) is 18.4 Å². The van der Waals surface area contributed by atoms with Crippen molar-refractivity contribution in [1.29, 1.82) is 0 Å². The Balaban J connectivity index is 1.98. The Morgan fingerprint density at radius 3 is 2.55 bits per heavy atom. The van der Waals surface area contributed by atoms with Gasteiger partial charge in [-0.05, 0) is 36.8 Å². The molecule has 4 nitrogen and oxygen atoms in total. The highest BCUT2D eigenvalue weighted by molar-refractivity contribution is 5.88. The first-order valence-corrected chi connectivity index (χ1v) is 6.73. The molecule has 0 spiro atoms. The minimum atomic E-state index is -1.11. The maximum atomic E-state index is 13.6. The van der Waals surface area contributed by atoms with Crippen LogP contribution in [0.3, 0.4) is 0 Å². The van der Waals surface area contributed by atoms with Crippen LogP contribution in [0, 0.1) is 5.82 Å². The predicted molar refractivity (Wildman–Crippen MR) is 71.8 cm³/mol. The number of hydrogen-bond acceptors (Lipinski definition) is 2. The Morgan fingerprint density at radius 1 is 1.40 bits per heavy atom. The summed E-state index contributed by atoms with van der Waals surface area (Å²) in [6.45, 7) is 1.76. The number of amides is 1. The van der Waals surface area contributed by atoms with Crippen LogP contribution >= 0.6 is 0 Å². The average Bonchev–Trinajstić information content (AvgIpc) is 2.33. The van der Waals surface area contributed by atoms with Crippen LogP contribution < -0.4 is 5.32 Å². The third-order valence-electron chi connectivity index (χ3n) is 3.92. The van der Waals surface area contributed by atoms with Gasteiger partial charge in [0.15, 0.2) is 0 Å². The van der Waals surface area contributed by atoms with E-state index in [2.05, 4.69) is 5.32 Å². The number of carbonyl (C=O) groups excluding carboxylic acids is 1. The summed E-state index contributed by atoms with van der Waals surface area (Å²) >= 11 is 0. The van der Waals surface area contributed by atoms with Crippen molar-refractivity contribution in [2.45, 2.75) is 44.1 Å². The molecule has 0 radical (unpaired) electrons. The predicted octanol–water partition coefficient (Wildman–Crippen LogP) is 2.44. The van der Waals surface area contributed by atoms with Gasteiger partial charge in [-0.2, -0.15) is 0 Å². The Bertz CT molecular complexity index is 526. The summed E-state index contributed by atoms with van der Waals surface area (Å²) in [6, 6.07) is 6.31. The molecular formula is C15H18FNO3. The Kier molecular flexibility index (Phi) is 4.06. The monoisotopic (exact) mass is 279 g/mol. The van der Waals surface area contributed by atoms with E-state index < -0.39 is 11.5 Å². The highest BCUT2D eigenvalue weighted by Crippen LogP contribution is 2.32. The Labute approximate surface area is 117 Å². The summed E-state index contributed by atoms with van der Waals surface area (Å²) < 4.78 is 13.6. The van der Waals surface area contributed by atoms with Gasteiger partial charge in [0, 0.05) is 6.42 Å². The number of carboxylic acids is 1. The minimum absolute atomic E-state index is 0.0793. The third kappa shape index (κ3) is 2.81. The maximum absolute atomic E-state index is 13.6. The van der Waals surface area contributed by atoms with Crippen LogP contribution in [-0.4, -0.2) is 22.5 Å². The minimum Gasteiger partial charge on any atom is -0.480 e. The summed E-state index contributed by atoms with van der Waals surface area (Å²) in [5.41, 5.74) is -0.632. The van der Waals surface area contributed by atoms with Crippen LogP contribution in [0.15, 0.2) is 24.3 Å². The first kappa shape index (κ1) is 14.5. The van der Waals surface area contributed by atoms with Crippen LogP contribution in [0.1, 0.15) is 44.1 Å². The van der Waals surface area contributed by atoms with Gasteiger partial charge in [-0.25, -0.2) is 9.18 Å². The van der Waals surface area contributed by atoms with Crippen molar-refractivity contribution in [3.63, 3.8) is 0 Å². The van der Waals surface area contributed by atoms with Gasteiger partial charge in [0.05, 0.1) is 0 Å². The van der Waals surface area contributed by atoms with Gasteiger partial charge in [-0.3, -0.25) is 4.79 Å². The SMILES string of the molecule is CC(CC(=O)NC1(C(=O)O)CCC1)c1ccccc1F. The van der Waals surface area contributed by atoms with Gasteiger partial charge < -0.3 is 10.4 Å². The van der Waals surface area contributed by atoms with Gasteiger partial charge in [0.2, 0.25) is 5.91 Å². The van der Waals surface area contributed by atoms with Gasteiger partial charge in [-0.1, -0.05) is 25.1 Å². The molecule has 0 aliphatic heterocycles. The standard InChI is InChI=1S/C15H18FNO3/c1-10(11-5-2-3-6-12(11)16)9-13(18)17-15(14(19)20)7-4-8-15/h2-3,5-6,10H,4,7-9H2,1H3,(H,17,18)(H,19,20). The average molecular weight is 279 g/mol. The molecule has 2 N–H and O–H groups in total. The van der Waals surface area contributed by atoms with E-state index in [-0.39, 0.29) is 24.1 Å². The number of carboxylic acid groups (broad SMARTS) is 1. The Hall–Kier alpha value is -1.91. The van der Waals surface area contributed by atoms with Crippen LogP contribution in [0.25, 0.3) is 0 Å². The molecule has 2 rings (SSSR count). The van der Waals surface area contributed by atoms with E-state index >= 15 is 0 Å². The lowest BCUT2D eigenvalue weighted by molar-refractivity contribution is -0.151. The zero-order valence-electron chi connectivity index (χ0n) is 11.4. The molecule has 1 saturated carbocycles. The molecule has 1 unspecified atom stereocenters. The van der Waals surface area contributed by atoms with E-state index in [1.54, 1.807) is 25.1 Å². The molecule has 5 heteroatoms. The molecule has 20 heavy (non-hydrogen) atoms. The molecule has 1 fully saturated rings. The Morgan fingerprint density at radius 2 is 2.05 bits per heavy atom. The zero-order valence-corrected chi connectivity index (χ0v) is 11.4. The second kappa shape index (κ2) is 5.61. The van der Waals surface area contributed by atoms with Gasteiger partial charge in [-0.15, -0.1) is 0 Å². The van der Waals surface area contributed by atoms with Crippen LogP contribution in [-0.2, 0) is 9.59 Å². The largest absolute Gasteiger partial charge is 0.480 e. The molecule has 1 aromatic carbocycles. The van der Waals surface area contributed by atoms with Crippen LogP contribution in [0.4, 0.5) is 4.39 Å². The molecule has 1 aliphatic carbocycles. The lowest BCUT2D eigenvalue weighted by atomic mass is 9.76. The number of aliphatic carboxylic acids is 1. The van der Waals surface area contributed by atoms with E-state index in [0.717, 1.165) is 6.42 Å². The fourth-order valence-corrected chi connectivity index (χ4v) is 2.50. The topological polar surface area (TPSA) is 66.4 Å². The fourth-order valence-electron chi connectivity index (χ4n) is 2.50. The fraction of sp³-hybridized carbons (Fsp3) is 0.467. The van der Waals surface area contributed by atoms with Crippen molar-refractivity contribution >= 4 is 11.9 Å². The highest BCUT2D eigenvalue weighted by atomic mass is 19.1. The summed E-state index contributed by atoms with van der Waals surface area (Å²) in [5, 5.41) is 11.7. The van der Waals surface area contributed by atoms with E-state index in [1.807, 2.05) is 0 Å². The number of halogens is 1. The molecular weight excluding hydrogens is 261 g/mol. The van der Waals surface area contributed by atoms with E-state index in [9.17, 15) is 14.0 Å². The summed E-state index contributed by atoms with van der Waals surface area (Å²) in [7, 11) is 0. The molecule has 1 aromatic rings. The van der Waals surface area contributed by atoms with E-state index in [1.165, 1.54) is 6.07 Å². The highest BCUT2D eigenvalue weighted by Gasteiger charge is 2.45. The summed E-state index contributed by atoms with van der Waals surface area (Å²) in [4.78, 5) is 23.1. The molecule has 1 aliphatic rings. The van der Waals surface area contributed by atoms with Crippen LogP contribution in [0.5, 0.6) is 0 Å².